The van der Waals surface area contributed by atoms with Crippen LogP contribution in [0.4, 0.5) is 0 Å². The van der Waals surface area contributed by atoms with Crippen LogP contribution >= 0.6 is 0 Å². The number of nitrogens with zero attached hydrogens (tertiary/aromatic N) is 2. The van der Waals surface area contributed by atoms with Gasteiger partial charge in [0.2, 0.25) is 0 Å². The summed E-state index contributed by atoms with van der Waals surface area (Å²) in [5.74, 6) is 0.666. The summed E-state index contributed by atoms with van der Waals surface area (Å²) >= 11 is 0. The van der Waals surface area contributed by atoms with Crippen LogP contribution in [0.2, 0.25) is 13.1 Å². The van der Waals surface area contributed by atoms with Crippen molar-refractivity contribution in [2.45, 2.75) is 72.3 Å². The Hall–Kier alpha value is -2.62. The van der Waals surface area contributed by atoms with Gasteiger partial charge in [0.1, 0.15) is 11.4 Å². The number of hydrogen-bond donors (Lipinski definition) is 0. The van der Waals surface area contributed by atoms with Gasteiger partial charge in [0.15, 0.2) is 9.04 Å². The molecule has 5 nitrogen and oxygen atoms in total. The molecule has 2 aromatic rings. The van der Waals surface area contributed by atoms with Crippen LogP contribution in [0.25, 0.3) is 5.70 Å². The lowest BCUT2D eigenvalue weighted by Gasteiger charge is -2.31. The van der Waals surface area contributed by atoms with Gasteiger partial charge in [-0.3, -0.25) is 9.36 Å². The Balaban J connectivity index is 2.02. The molecule has 0 spiro atoms. The van der Waals surface area contributed by atoms with Crippen LogP contribution in [0.1, 0.15) is 70.3 Å². The minimum atomic E-state index is -1.28. The van der Waals surface area contributed by atoms with E-state index in [0.29, 0.717) is 11.3 Å². The Morgan fingerprint density at radius 2 is 1.94 bits per heavy atom. The maximum atomic E-state index is 13.3. The Kier molecular flexibility index (Phi) is 6.82. The topological polar surface area (TPSA) is 64.2 Å². The maximum Gasteiger partial charge on any atom is 0.255 e. The average Bonchev–Trinajstić information content (AvgIpc) is 2.68. The molecule has 0 bridgehead atoms. The molecule has 0 saturated heterocycles. The largest absolute Gasteiger partial charge is 0.483 e. The number of fused-ring (bicyclic) bond motifs is 1. The third-order valence-electron chi connectivity index (χ3n) is 5.41. The molecule has 2 heterocycles. The van der Waals surface area contributed by atoms with Crippen molar-refractivity contribution in [3.63, 3.8) is 0 Å². The van der Waals surface area contributed by atoms with E-state index in [9.17, 15) is 10.1 Å². The van der Waals surface area contributed by atoms with Gasteiger partial charge < -0.3 is 9.16 Å². The molecular weight excluding hydrogens is 416 g/mol. The van der Waals surface area contributed by atoms with Crippen molar-refractivity contribution in [3.8, 4) is 11.8 Å². The highest BCUT2D eigenvalue weighted by Crippen LogP contribution is 2.37. The van der Waals surface area contributed by atoms with Crippen molar-refractivity contribution in [1.82, 2.24) is 4.57 Å². The second-order valence-corrected chi connectivity index (χ2v) is 12.9. The van der Waals surface area contributed by atoms with Crippen molar-refractivity contribution in [3.05, 3.63) is 69.6 Å². The smallest absolute Gasteiger partial charge is 0.255 e. The highest BCUT2D eigenvalue weighted by atomic mass is 28.3. The van der Waals surface area contributed by atoms with Crippen molar-refractivity contribution < 1.29 is 9.16 Å². The first-order chi connectivity index (χ1) is 14.9. The number of nitriles is 1. The fourth-order valence-electron chi connectivity index (χ4n) is 3.91. The number of aromatic nitrogens is 1. The monoisotopic (exact) mass is 450 g/mol. The van der Waals surface area contributed by atoms with Crippen molar-refractivity contribution in [1.29, 1.82) is 5.26 Å². The lowest BCUT2D eigenvalue weighted by atomic mass is 9.88. The van der Waals surface area contributed by atoms with Crippen LogP contribution in [0.5, 0.6) is 5.75 Å². The summed E-state index contributed by atoms with van der Waals surface area (Å²) in [5.41, 5.74) is 2.44. The maximum absolute atomic E-state index is 13.3. The number of rotatable bonds is 6. The molecule has 0 fully saturated rings. The van der Waals surface area contributed by atoms with Gasteiger partial charge in [-0.1, -0.05) is 20.8 Å². The number of ether oxygens (including phenoxy) is 1. The second-order valence-electron chi connectivity index (χ2n) is 10.5. The van der Waals surface area contributed by atoms with Gasteiger partial charge in [-0.05, 0) is 81.1 Å². The highest BCUT2D eigenvalue weighted by Gasteiger charge is 2.28. The van der Waals surface area contributed by atoms with E-state index in [1.54, 1.807) is 28.8 Å². The molecular formula is C26H34N2O3Si. The zero-order valence-corrected chi connectivity index (χ0v) is 21.4. The highest BCUT2D eigenvalue weighted by molar-refractivity contribution is 6.48. The van der Waals surface area contributed by atoms with Crippen molar-refractivity contribution >= 4 is 14.7 Å². The minimum absolute atomic E-state index is 0.0687. The molecule has 1 aromatic carbocycles. The zero-order valence-electron chi connectivity index (χ0n) is 20.2. The average molecular weight is 451 g/mol. The van der Waals surface area contributed by atoms with Crippen LogP contribution in [-0.4, -0.2) is 19.2 Å². The SMILES string of the molecule is C[SiH](C)OC(CCC(C)(C)C)c1ccn(C2=CC(C)(C)Oc3ccc(C#N)cc32)c(=O)c1. The molecule has 0 aliphatic carbocycles. The lowest BCUT2D eigenvalue weighted by Crippen LogP contribution is -2.32. The van der Waals surface area contributed by atoms with Gasteiger partial charge in [-0.2, -0.15) is 5.26 Å². The minimum Gasteiger partial charge on any atom is -0.483 e. The molecule has 1 aromatic heterocycles. The van der Waals surface area contributed by atoms with E-state index in [4.69, 9.17) is 9.16 Å². The van der Waals surface area contributed by atoms with Crippen LogP contribution in [0.15, 0.2) is 47.4 Å². The third-order valence-corrected chi connectivity index (χ3v) is 6.28. The standard InChI is InChI=1S/C26H34N2O3Si/c1-25(2,3)12-10-22(31-32(6)7)19-11-13-28(24(29)15-19)21-16-26(4,5)30-23-9-8-18(17-27)14-20(21)23/h8-9,11,13-16,22,32H,10,12H2,1-7H3. The number of benzene rings is 1. The Morgan fingerprint density at radius 3 is 2.53 bits per heavy atom. The Labute approximate surface area is 193 Å². The first kappa shape index (κ1) is 24.0. The molecule has 1 aliphatic heterocycles. The van der Waals surface area contributed by atoms with Gasteiger partial charge in [-0.15, -0.1) is 0 Å². The molecule has 0 saturated carbocycles. The fourth-order valence-corrected chi connectivity index (χ4v) is 4.86. The van der Waals surface area contributed by atoms with Crippen LogP contribution in [0.3, 0.4) is 0 Å². The molecule has 3 rings (SSSR count). The van der Waals surface area contributed by atoms with E-state index in [1.807, 2.05) is 32.2 Å². The second kappa shape index (κ2) is 9.09. The summed E-state index contributed by atoms with van der Waals surface area (Å²) in [6.07, 6.45) is 5.59. The third kappa shape index (κ3) is 5.79. The van der Waals surface area contributed by atoms with Gasteiger partial charge in [0, 0.05) is 17.8 Å². The van der Waals surface area contributed by atoms with E-state index in [2.05, 4.69) is 39.9 Å². The number of pyridine rings is 1. The van der Waals surface area contributed by atoms with Gasteiger partial charge in [-0.25, -0.2) is 0 Å². The van der Waals surface area contributed by atoms with Crippen molar-refractivity contribution in [2.24, 2.45) is 5.41 Å². The quantitative estimate of drug-likeness (QED) is 0.534. The zero-order chi connectivity index (χ0) is 23.7. The normalized spacial score (nSPS) is 16.0. The molecule has 0 N–H and O–H groups in total. The van der Waals surface area contributed by atoms with Crippen molar-refractivity contribution in [2.75, 3.05) is 0 Å². The Morgan fingerprint density at radius 1 is 1.22 bits per heavy atom. The summed E-state index contributed by atoms with van der Waals surface area (Å²) in [6.45, 7) is 14.9. The molecule has 0 amide bonds. The fraction of sp³-hybridized carbons (Fsp3) is 0.462. The van der Waals surface area contributed by atoms with E-state index in [-0.39, 0.29) is 17.1 Å². The van der Waals surface area contributed by atoms with E-state index < -0.39 is 14.6 Å². The van der Waals surface area contributed by atoms with E-state index in [0.717, 1.165) is 29.7 Å². The summed E-state index contributed by atoms with van der Waals surface area (Å²) < 4.78 is 14.0. The van der Waals surface area contributed by atoms with Gasteiger partial charge >= 0.3 is 0 Å². The number of hydrogen-bond acceptors (Lipinski definition) is 4. The summed E-state index contributed by atoms with van der Waals surface area (Å²) in [6, 6.07) is 11.2. The molecule has 1 aliphatic rings. The molecule has 6 heteroatoms. The molecule has 1 atom stereocenters. The molecule has 1 unspecified atom stereocenters. The molecule has 32 heavy (non-hydrogen) atoms. The summed E-state index contributed by atoms with van der Waals surface area (Å²) in [4.78, 5) is 13.3. The predicted molar refractivity (Wildman–Crippen MR) is 131 cm³/mol. The van der Waals surface area contributed by atoms with Crippen LogP contribution in [0, 0.1) is 16.7 Å². The first-order valence-electron chi connectivity index (χ1n) is 11.2. The van der Waals surface area contributed by atoms with Crippen LogP contribution < -0.4 is 10.3 Å². The molecule has 0 radical (unpaired) electrons. The van der Waals surface area contributed by atoms with E-state index >= 15 is 0 Å². The van der Waals surface area contributed by atoms with Gasteiger partial charge in [0.05, 0.1) is 23.4 Å². The summed E-state index contributed by atoms with van der Waals surface area (Å²) in [7, 11) is -1.28. The first-order valence-corrected chi connectivity index (χ1v) is 14.0. The predicted octanol–water partition coefficient (Wildman–Crippen LogP) is 5.65. The Bertz CT molecular complexity index is 1120. The van der Waals surface area contributed by atoms with Gasteiger partial charge in [0.25, 0.3) is 5.56 Å². The van der Waals surface area contributed by atoms with Crippen LogP contribution in [-0.2, 0) is 4.43 Å². The summed E-state index contributed by atoms with van der Waals surface area (Å²) in [5, 5.41) is 9.34. The molecule has 170 valence electrons. The van der Waals surface area contributed by atoms with E-state index in [1.165, 1.54) is 0 Å². The lowest BCUT2D eigenvalue weighted by molar-refractivity contribution is 0.157.